The number of rotatable bonds is 4. The molecular formula is C15H23ClN2O. The van der Waals surface area contributed by atoms with E-state index in [-0.39, 0.29) is 0 Å². The van der Waals surface area contributed by atoms with Gasteiger partial charge in [0, 0.05) is 24.2 Å². The van der Waals surface area contributed by atoms with Crippen molar-refractivity contribution in [3.05, 3.63) is 23.2 Å². The highest BCUT2D eigenvalue weighted by atomic mass is 35.5. The predicted octanol–water partition coefficient (Wildman–Crippen LogP) is 3.32. The van der Waals surface area contributed by atoms with Crippen LogP contribution in [0.5, 0.6) is 5.75 Å². The van der Waals surface area contributed by atoms with Gasteiger partial charge in [0.1, 0.15) is 5.75 Å². The molecule has 106 valence electrons. The van der Waals surface area contributed by atoms with Crippen LogP contribution in [0, 0.1) is 0 Å². The van der Waals surface area contributed by atoms with E-state index in [4.69, 9.17) is 16.3 Å². The first kappa shape index (κ1) is 14.5. The number of benzene rings is 1. The Kier molecular flexibility index (Phi) is 5.34. The molecule has 0 aliphatic carbocycles. The third kappa shape index (κ3) is 3.77. The number of nitrogens with one attached hydrogen (secondary N) is 1. The topological polar surface area (TPSA) is 24.5 Å². The Morgan fingerprint density at radius 1 is 1.47 bits per heavy atom. The van der Waals surface area contributed by atoms with Crippen molar-refractivity contribution in [2.45, 2.75) is 32.2 Å². The fourth-order valence-electron chi connectivity index (χ4n) is 2.67. The van der Waals surface area contributed by atoms with Crippen LogP contribution < -0.4 is 15.0 Å². The molecule has 3 nitrogen and oxygen atoms in total. The largest absolute Gasteiger partial charge is 0.495 e. The number of hydrogen-bond donors (Lipinski definition) is 1. The highest BCUT2D eigenvalue weighted by Gasteiger charge is 2.19. The van der Waals surface area contributed by atoms with Crippen molar-refractivity contribution in [2.24, 2.45) is 0 Å². The van der Waals surface area contributed by atoms with Crippen LogP contribution in [0.15, 0.2) is 18.2 Å². The van der Waals surface area contributed by atoms with Gasteiger partial charge in [-0.05, 0) is 37.6 Å². The fourth-order valence-corrected chi connectivity index (χ4v) is 2.84. The van der Waals surface area contributed by atoms with E-state index < -0.39 is 0 Å². The summed E-state index contributed by atoms with van der Waals surface area (Å²) >= 11 is 6.13. The smallest absolute Gasteiger partial charge is 0.142 e. The second kappa shape index (κ2) is 7.01. The van der Waals surface area contributed by atoms with Gasteiger partial charge >= 0.3 is 0 Å². The molecule has 1 heterocycles. The van der Waals surface area contributed by atoms with Gasteiger partial charge in [-0.2, -0.15) is 0 Å². The molecule has 1 unspecified atom stereocenters. The zero-order valence-corrected chi connectivity index (χ0v) is 12.5. The van der Waals surface area contributed by atoms with E-state index >= 15 is 0 Å². The predicted molar refractivity (Wildman–Crippen MR) is 81.5 cm³/mol. The minimum absolute atomic E-state index is 0.552. The van der Waals surface area contributed by atoms with Gasteiger partial charge in [-0.1, -0.05) is 24.9 Å². The molecule has 2 rings (SSSR count). The van der Waals surface area contributed by atoms with Crippen LogP contribution in [-0.2, 0) is 0 Å². The molecule has 1 atom stereocenters. The molecule has 1 aliphatic rings. The lowest BCUT2D eigenvalue weighted by Crippen LogP contribution is -2.37. The van der Waals surface area contributed by atoms with Gasteiger partial charge in [0.05, 0.1) is 12.8 Å². The quantitative estimate of drug-likeness (QED) is 0.917. The van der Waals surface area contributed by atoms with Crippen molar-refractivity contribution in [3.63, 3.8) is 0 Å². The first-order valence-corrected chi connectivity index (χ1v) is 7.44. The minimum Gasteiger partial charge on any atom is -0.495 e. The molecule has 1 fully saturated rings. The highest BCUT2D eigenvalue weighted by Crippen LogP contribution is 2.32. The summed E-state index contributed by atoms with van der Waals surface area (Å²) in [6.45, 7) is 5.38. The Bertz CT molecular complexity index is 411. The fraction of sp³-hybridized carbons (Fsp3) is 0.600. The Balaban J connectivity index is 2.20. The Labute approximate surface area is 120 Å². The summed E-state index contributed by atoms with van der Waals surface area (Å²) in [6, 6.07) is 6.39. The molecule has 0 saturated carbocycles. The van der Waals surface area contributed by atoms with E-state index in [9.17, 15) is 0 Å². The van der Waals surface area contributed by atoms with Gasteiger partial charge in [0.15, 0.2) is 0 Å². The molecule has 1 aromatic carbocycles. The van der Waals surface area contributed by atoms with Gasteiger partial charge in [-0.25, -0.2) is 0 Å². The number of halogens is 1. The Hall–Kier alpha value is -0.930. The summed E-state index contributed by atoms with van der Waals surface area (Å²) in [5, 5.41) is 4.38. The molecule has 19 heavy (non-hydrogen) atoms. The van der Waals surface area contributed by atoms with Crippen LogP contribution >= 0.6 is 11.6 Å². The normalized spacial score (nSPS) is 20.2. The average Bonchev–Trinajstić information content (AvgIpc) is 2.65. The number of ether oxygens (including phenoxy) is 1. The first-order valence-electron chi connectivity index (χ1n) is 7.06. The Morgan fingerprint density at radius 2 is 2.32 bits per heavy atom. The number of anilines is 1. The number of methoxy groups -OCH3 is 1. The zero-order valence-electron chi connectivity index (χ0n) is 11.8. The first-order chi connectivity index (χ1) is 9.24. The second-order valence-corrected chi connectivity index (χ2v) is 5.49. The van der Waals surface area contributed by atoms with Crippen LogP contribution in [0.4, 0.5) is 5.69 Å². The van der Waals surface area contributed by atoms with E-state index in [1.165, 1.54) is 12.8 Å². The summed E-state index contributed by atoms with van der Waals surface area (Å²) in [5.41, 5.74) is 1.11. The van der Waals surface area contributed by atoms with Crippen LogP contribution in [0.1, 0.15) is 26.2 Å². The maximum absolute atomic E-state index is 6.13. The summed E-state index contributed by atoms with van der Waals surface area (Å²) in [5.74, 6) is 0.904. The molecule has 0 amide bonds. The molecule has 1 aliphatic heterocycles. The summed E-state index contributed by atoms with van der Waals surface area (Å²) in [6.07, 6.45) is 3.56. The molecule has 1 saturated heterocycles. The van der Waals surface area contributed by atoms with Crippen molar-refractivity contribution < 1.29 is 4.74 Å². The number of hydrogen-bond acceptors (Lipinski definition) is 3. The van der Waals surface area contributed by atoms with Crippen LogP contribution in [-0.4, -0.2) is 32.8 Å². The minimum atomic E-state index is 0.552. The van der Waals surface area contributed by atoms with E-state index in [1.807, 2.05) is 18.2 Å². The second-order valence-electron chi connectivity index (χ2n) is 5.06. The van der Waals surface area contributed by atoms with Crippen LogP contribution in [0.25, 0.3) is 0 Å². The molecule has 0 spiro atoms. The lowest BCUT2D eigenvalue weighted by molar-refractivity contribution is 0.413. The van der Waals surface area contributed by atoms with Crippen LogP contribution in [0.3, 0.4) is 0 Å². The molecule has 0 radical (unpaired) electrons. The number of nitrogens with zero attached hydrogens (tertiary/aromatic N) is 1. The van der Waals surface area contributed by atoms with Crippen molar-refractivity contribution in [2.75, 3.05) is 31.6 Å². The molecule has 1 N–H and O–H groups in total. The molecule has 0 aromatic heterocycles. The third-order valence-electron chi connectivity index (χ3n) is 3.60. The van der Waals surface area contributed by atoms with Gasteiger partial charge in [0.25, 0.3) is 0 Å². The van der Waals surface area contributed by atoms with Crippen molar-refractivity contribution >= 4 is 17.3 Å². The van der Waals surface area contributed by atoms with E-state index in [0.29, 0.717) is 6.04 Å². The average molecular weight is 283 g/mol. The highest BCUT2D eigenvalue weighted by molar-refractivity contribution is 6.30. The van der Waals surface area contributed by atoms with Crippen LogP contribution in [0.2, 0.25) is 5.02 Å². The monoisotopic (exact) mass is 282 g/mol. The molecule has 4 heteroatoms. The summed E-state index contributed by atoms with van der Waals surface area (Å²) in [7, 11) is 1.71. The lowest BCUT2D eigenvalue weighted by atomic mass is 10.1. The molecule has 0 bridgehead atoms. The van der Waals surface area contributed by atoms with Crippen molar-refractivity contribution in [1.82, 2.24) is 5.32 Å². The standard InChI is InChI=1S/C15H23ClN2O/c1-3-5-13-11-18(9-4-8-17-13)14-10-12(16)6-7-15(14)19-2/h6-7,10,13,17H,3-5,8-9,11H2,1-2H3. The Morgan fingerprint density at radius 3 is 3.05 bits per heavy atom. The molecule has 1 aromatic rings. The van der Waals surface area contributed by atoms with E-state index in [1.54, 1.807) is 7.11 Å². The maximum Gasteiger partial charge on any atom is 0.142 e. The summed E-state index contributed by atoms with van der Waals surface area (Å²) < 4.78 is 5.47. The third-order valence-corrected chi connectivity index (χ3v) is 3.83. The van der Waals surface area contributed by atoms with Crippen molar-refractivity contribution in [3.8, 4) is 5.75 Å². The SMILES string of the molecule is CCCC1CN(c2cc(Cl)ccc2OC)CCCN1. The van der Waals surface area contributed by atoms with Gasteiger partial charge in [-0.3, -0.25) is 0 Å². The lowest BCUT2D eigenvalue weighted by Gasteiger charge is -2.28. The maximum atomic E-state index is 6.13. The van der Waals surface area contributed by atoms with Crippen molar-refractivity contribution in [1.29, 1.82) is 0 Å². The van der Waals surface area contributed by atoms with E-state index in [2.05, 4.69) is 17.1 Å². The van der Waals surface area contributed by atoms with Gasteiger partial charge < -0.3 is 15.0 Å². The van der Waals surface area contributed by atoms with Gasteiger partial charge in [0.2, 0.25) is 0 Å². The zero-order chi connectivity index (χ0) is 13.7. The van der Waals surface area contributed by atoms with E-state index in [0.717, 1.165) is 42.5 Å². The summed E-state index contributed by atoms with van der Waals surface area (Å²) in [4.78, 5) is 2.39. The molecular weight excluding hydrogens is 260 g/mol. The van der Waals surface area contributed by atoms with Gasteiger partial charge in [-0.15, -0.1) is 0 Å².